The first-order chi connectivity index (χ1) is 7.90. The van der Waals surface area contributed by atoms with Crippen LogP contribution in [0, 0.1) is 0 Å². The minimum atomic E-state index is 0.343. The van der Waals surface area contributed by atoms with Crippen LogP contribution in [0.3, 0.4) is 0 Å². The lowest BCUT2D eigenvalue weighted by Gasteiger charge is -2.03. The number of epoxide rings is 2. The number of fused-ring (bicyclic) bond motifs is 1. The Hall–Kier alpha value is -1.38. The Morgan fingerprint density at radius 1 is 0.750 bits per heavy atom. The first kappa shape index (κ1) is 8.74. The molecule has 2 aromatic rings. The Morgan fingerprint density at radius 3 is 1.56 bits per heavy atom. The van der Waals surface area contributed by atoms with Crippen molar-refractivity contribution >= 4 is 10.8 Å². The summed E-state index contributed by atoms with van der Waals surface area (Å²) in [5.74, 6) is 0. The molecule has 2 heterocycles. The van der Waals surface area contributed by atoms with Crippen molar-refractivity contribution in [3.8, 4) is 0 Å². The molecule has 0 N–H and O–H groups in total. The topological polar surface area (TPSA) is 25.1 Å². The molecule has 0 spiro atoms. The molecular formula is C14H12O2. The fourth-order valence-electron chi connectivity index (χ4n) is 2.16. The van der Waals surface area contributed by atoms with Crippen LogP contribution >= 0.6 is 0 Å². The van der Waals surface area contributed by atoms with E-state index in [0.717, 1.165) is 13.2 Å². The summed E-state index contributed by atoms with van der Waals surface area (Å²) in [5.41, 5.74) is 2.59. The molecular weight excluding hydrogens is 200 g/mol. The Bertz CT molecular complexity index is 502. The summed E-state index contributed by atoms with van der Waals surface area (Å²) >= 11 is 0. The smallest absolute Gasteiger partial charge is 0.106 e. The average molecular weight is 212 g/mol. The Morgan fingerprint density at radius 2 is 1.19 bits per heavy atom. The van der Waals surface area contributed by atoms with Crippen molar-refractivity contribution in [2.45, 2.75) is 12.2 Å². The normalized spacial score (nSPS) is 27.0. The molecule has 4 rings (SSSR count). The lowest BCUT2D eigenvalue weighted by molar-refractivity contribution is 0.415. The molecule has 0 aliphatic carbocycles. The van der Waals surface area contributed by atoms with E-state index >= 15 is 0 Å². The van der Waals surface area contributed by atoms with Gasteiger partial charge in [0, 0.05) is 0 Å². The van der Waals surface area contributed by atoms with Gasteiger partial charge in [0.1, 0.15) is 12.2 Å². The highest BCUT2D eigenvalue weighted by Gasteiger charge is 2.26. The Balaban J connectivity index is 1.82. The fraction of sp³-hybridized carbons (Fsp3) is 0.286. The lowest BCUT2D eigenvalue weighted by Crippen LogP contribution is -1.84. The van der Waals surface area contributed by atoms with E-state index in [4.69, 9.17) is 9.47 Å². The van der Waals surface area contributed by atoms with Gasteiger partial charge in [0.2, 0.25) is 0 Å². The molecule has 0 saturated carbocycles. The molecule has 80 valence electrons. The fourth-order valence-corrected chi connectivity index (χ4v) is 2.16. The minimum Gasteiger partial charge on any atom is -0.368 e. The number of ether oxygens (including phenoxy) is 2. The SMILES string of the molecule is c1cc2cc(C3CO3)ccc2cc1C1CO1. The summed E-state index contributed by atoms with van der Waals surface area (Å²) in [6, 6.07) is 13.1. The van der Waals surface area contributed by atoms with Gasteiger partial charge >= 0.3 is 0 Å². The van der Waals surface area contributed by atoms with Gasteiger partial charge in [-0.05, 0) is 34.0 Å². The highest BCUT2D eigenvalue weighted by atomic mass is 16.6. The van der Waals surface area contributed by atoms with Gasteiger partial charge in [-0.25, -0.2) is 0 Å². The molecule has 0 amide bonds. The zero-order valence-electron chi connectivity index (χ0n) is 8.85. The average Bonchev–Trinajstić information content (AvgIpc) is 3.19. The second-order valence-electron chi connectivity index (χ2n) is 4.51. The summed E-state index contributed by atoms with van der Waals surface area (Å²) < 4.78 is 10.6. The van der Waals surface area contributed by atoms with Crippen molar-refractivity contribution in [2.75, 3.05) is 13.2 Å². The number of rotatable bonds is 2. The van der Waals surface area contributed by atoms with E-state index in [-0.39, 0.29) is 0 Å². The first-order valence-corrected chi connectivity index (χ1v) is 5.67. The molecule has 2 unspecified atom stereocenters. The molecule has 2 nitrogen and oxygen atoms in total. The lowest BCUT2D eigenvalue weighted by atomic mass is 10.0. The maximum atomic E-state index is 5.30. The zero-order valence-corrected chi connectivity index (χ0v) is 8.85. The van der Waals surface area contributed by atoms with Crippen molar-refractivity contribution in [3.05, 3.63) is 47.5 Å². The van der Waals surface area contributed by atoms with Crippen LogP contribution < -0.4 is 0 Å². The van der Waals surface area contributed by atoms with Crippen LogP contribution in [0.4, 0.5) is 0 Å². The van der Waals surface area contributed by atoms with Crippen LogP contribution in [0.25, 0.3) is 10.8 Å². The first-order valence-electron chi connectivity index (χ1n) is 5.67. The predicted octanol–water partition coefficient (Wildman–Crippen LogP) is 2.98. The van der Waals surface area contributed by atoms with Crippen LogP contribution in [-0.4, -0.2) is 13.2 Å². The van der Waals surface area contributed by atoms with E-state index in [0.29, 0.717) is 12.2 Å². The molecule has 2 aromatic carbocycles. The van der Waals surface area contributed by atoms with Crippen molar-refractivity contribution < 1.29 is 9.47 Å². The van der Waals surface area contributed by atoms with E-state index in [9.17, 15) is 0 Å². The van der Waals surface area contributed by atoms with Crippen LogP contribution in [0.2, 0.25) is 0 Å². The van der Waals surface area contributed by atoms with Gasteiger partial charge in [-0.3, -0.25) is 0 Å². The molecule has 16 heavy (non-hydrogen) atoms. The molecule has 2 atom stereocenters. The van der Waals surface area contributed by atoms with E-state index in [1.807, 2.05) is 0 Å². The Labute approximate surface area is 93.8 Å². The monoisotopic (exact) mass is 212 g/mol. The molecule has 0 bridgehead atoms. The number of benzene rings is 2. The largest absolute Gasteiger partial charge is 0.368 e. The second-order valence-corrected chi connectivity index (χ2v) is 4.51. The molecule has 0 radical (unpaired) electrons. The zero-order chi connectivity index (χ0) is 10.5. The van der Waals surface area contributed by atoms with E-state index in [1.165, 1.54) is 21.9 Å². The van der Waals surface area contributed by atoms with Crippen LogP contribution in [0.1, 0.15) is 23.3 Å². The van der Waals surface area contributed by atoms with Gasteiger partial charge in [0.25, 0.3) is 0 Å². The van der Waals surface area contributed by atoms with Gasteiger partial charge in [-0.1, -0.05) is 24.3 Å². The number of hydrogen-bond donors (Lipinski definition) is 0. The van der Waals surface area contributed by atoms with Gasteiger partial charge < -0.3 is 9.47 Å². The van der Waals surface area contributed by atoms with Gasteiger partial charge in [-0.2, -0.15) is 0 Å². The van der Waals surface area contributed by atoms with Gasteiger partial charge in [0.05, 0.1) is 13.2 Å². The van der Waals surface area contributed by atoms with Crippen molar-refractivity contribution in [3.63, 3.8) is 0 Å². The van der Waals surface area contributed by atoms with Crippen LogP contribution in [0.15, 0.2) is 36.4 Å². The molecule has 2 saturated heterocycles. The van der Waals surface area contributed by atoms with Crippen molar-refractivity contribution in [2.24, 2.45) is 0 Å². The standard InChI is InChI=1S/C14H12O2/c1-3-11(13-7-15-13)6-10-2-4-12(5-9(1)10)14-8-16-14/h1-6,13-14H,7-8H2. The molecule has 2 fully saturated rings. The summed E-state index contributed by atoms with van der Waals surface area (Å²) in [5, 5.41) is 2.58. The second kappa shape index (κ2) is 3.06. The maximum absolute atomic E-state index is 5.30. The summed E-state index contributed by atoms with van der Waals surface area (Å²) in [7, 11) is 0. The molecule has 0 aromatic heterocycles. The Kier molecular flexibility index (Phi) is 1.67. The van der Waals surface area contributed by atoms with E-state index < -0.39 is 0 Å². The third-order valence-electron chi connectivity index (χ3n) is 3.30. The molecule has 2 aliphatic heterocycles. The minimum absolute atomic E-state index is 0.343. The van der Waals surface area contributed by atoms with Gasteiger partial charge in [-0.15, -0.1) is 0 Å². The van der Waals surface area contributed by atoms with Crippen molar-refractivity contribution in [1.29, 1.82) is 0 Å². The molecule has 2 aliphatic rings. The highest BCUT2D eigenvalue weighted by molar-refractivity contribution is 5.84. The van der Waals surface area contributed by atoms with Crippen LogP contribution in [-0.2, 0) is 9.47 Å². The quantitative estimate of drug-likeness (QED) is 0.715. The van der Waals surface area contributed by atoms with E-state index in [1.54, 1.807) is 0 Å². The number of hydrogen-bond acceptors (Lipinski definition) is 2. The maximum Gasteiger partial charge on any atom is 0.106 e. The predicted molar refractivity (Wildman–Crippen MR) is 61.3 cm³/mol. The molecule has 2 heteroatoms. The summed E-state index contributed by atoms with van der Waals surface area (Å²) in [6.07, 6.45) is 0.687. The summed E-state index contributed by atoms with van der Waals surface area (Å²) in [6.45, 7) is 1.75. The van der Waals surface area contributed by atoms with Gasteiger partial charge in [0.15, 0.2) is 0 Å². The van der Waals surface area contributed by atoms with Crippen molar-refractivity contribution in [1.82, 2.24) is 0 Å². The third kappa shape index (κ3) is 1.42. The third-order valence-corrected chi connectivity index (χ3v) is 3.30. The summed E-state index contributed by atoms with van der Waals surface area (Å²) in [4.78, 5) is 0. The highest BCUT2D eigenvalue weighted by Crippen LogP contribution is 2.34. The van der Waals surface area contributed by atoms with Crippen LogP contribution in [0.5, 0.6) is 0 Å². The van der Waals surface area contributed by atoms with E-state index in [2.05, 4.69) is 36.4 Å².